The Morgan fingerprint density at radius 1 is 0.857 bits per heavy atom. The molecule has 1 aliphatic rings. The molecule has 0 atom stereocenters. The lowest BCUT2D eigenvalue weighted by Gasteiger charge is -2.29. The highest BCUT2D eigenvalue weighted by atomic mass is 35.5. The molecule has 1 N–H and O–H groups in total. The van der Waals surface area contributed by atoms with Gasteiger partial charge in [-0.05, 0) is 89.7 Å². The average molecular weight is 809 g/mol. The quantitative estimate of drug-likeness (QED) is 0.140. The predicted octanol–water partition coefficient (Wildman–Crippen LogP) is 8.40. The first-order valence-electron chi connectivity index (χ1n) is 18.3. The molecule has 0 bridgehead atoms. The fourth-order valence-electron chi connectivity index (χ4n) is 6.86. The van der Waals surface area contributed by atoms with E-state index in [4.69, 9.17) is 28.3 Å². The Morgan fingerprint density at radius 3 is 2.32 bits per heavy atom. The lowest BCUT2D eigenvalue weighted by atomic mass is 9.98. The molecule has 1 aliphatic heterocycles. The lowest BCUT2D eigenvalue weighted by molar-refractivity contribution is 0.0729. The molecule has 10 nitrogen and oxygen atoms in total. The summed E-state index contributed by atoms with van der Waals surface area (Å²) in [6.07, 6.45) is 2.25. The van der Waals surface area contributed by atoms with Gasteiger partial charge in [0.1, 0.15) is 0 Å². The van der Waals surface area contributed by atoms with Crippen LogP contribution in [0, 0.1) is 6.92 Å². The third kappa shape index (κ3) is 8.07. The van der Waals surface area contributed by atoms with E-state index in [1.807, 2.05) is 55.5 Å². The van der Waals surface area contributed by atoms with Gasteiger partial charge in [0.25, 0.3) is 27.7 Å². The third-order valence-electron chi connectivity index (χ3n) is 9.99. The van der Waals surface area contributed by atoms with Gasteiger partial charge in [-0.15, -0.1) is 0 Å². The van der Waals surface area contributed by atoms with Crippen LogP contribution in [0.15, 0.2) is 114 Å². The van der Waals surface area contributed by atoms with Crippen LogP contribution >= 0.6 is 23.2 Å². The minimum atomic E-state index is -4.29. The largest absolute Gasteiger partial charge is 0.334 e. The van der Waals surface area contributed by atoms with Gasteiger partial charge in [-0.25, -0.2) is 17.8 Å². The molecule has 7 rings (SSSR count). The molecule has 6 aromatic rings. The van der Waals surface area contributed by atoms with Gasteiger partial charge < -0.3 is 9.80 Å². The maximum Gasteiger partial charge on any atom is 0.276 e. The number of halogens is 2. The van der Waals surface area contributed by atoms with Crippen molar-refractivity contribution in [1.82, 2.24) is 24.3 Å². The van der Waals surface area contributed by atoms with E-state index in [9.17, 15) is 22.8 Å². The van der Waals surface area contributed by atoms with Crippen molar-refractivity contribution >= 4 is 61.7 Å². The molecule has 3 amide bonds. The van der Waals surface area contributed by atoms with Crippen molar-refractivity contribution in [2.24, 2.45) is 0 Å². The van der Waals surface area contributed by atoms with E-state index in [1.54, 1.807) is 47.1 Å². The van der Waals surface area contributed by atoms with Crippen LogP contribution in [0.4, 0.5) is 0 Å². The molecule has 0 saturated carbocycles. The highest BCUT2D eigenvalue weighted by Crippen LogP contribution is 2.30. The van der Waals surface area contributed by atoms with Gasteiger partial charge in [-0.1, -0.05) is 103 Å². The molecule has 0 aliphatic carbocycles. The van der Waals surface area contributed by atoms with E-state index in [-0.39, 0.29) is 38.3 Å². The zero-order chi connectivity index (χ0) is 39.6. The maximum absolute atomic E-state index is 14.5. The van der Waals surface area contributed by atoms with Crippen molar-refractivity contribution in [2.45, 2.75) is 51.1 Å². The Morgan fingerprint density at radius 2 is 1.57 bits per heavy atom. The van der Waals surface area contributed by atoms with E-state index in [0.29, 0.717) is 48.7 Å². The van der Waals surface area contributed by atoms with Crippen molar-refractivity contribution < 1.29 is 22.8 Å². The molecule has 1 aromatic heterocycles. The zero-order valence-electron chi connectivity index (χ0n) is 30.8. The summed E-state index contributed by atoms with van der Waals surface area (Å²) in [7, 11) is -4.29. The lowest BCUT2D eigenvalue weighted by Crippen LogP contribution is -2.37. The third-order valence-corrected chi connectivity index (χ3v) is 12.0. The van der Waals surface area contributed by atoms with Crippen LogP contribution in [0.5, 0.6) is 0 Å². The van der Waals surface area contributed by atoms with Crippen LogP contribution < -0.4 is 4.72 Å². The minimum absolute atomic E-state index is 0.0165. The van der Waals surface area contributed by atoms with E-state index in [2.05, 4.69) is 4.72 Å². The molecule has 286 valence electrons. The predicted molar refractivity (Wildman–Crippen MR) is 218 cm³/mol. The monoisotopic (exact) mass is 807 g/mol. The van der Waals surface area contributed by atoms with Crippen LogP contribution in [-0.2, 0) is 29.5 Å². The zero-order valence-corrected chi connectivity index (χ0v) is 33.2. The van der Waals surface area contributed by atoms with Gasteiger partial charge in [-0.3, -0.25) is 14.4 Å². The van der Waals surface area contributed by atoms with Gasteiger partial charge in [-0.2, -0.15) is 5.10 Å². The number of hydrogen-bond acceptors (Lipinski definition) is 6. The van der Waals surface area contributed by atoms with E-state index in [0.717, 1.165) is 34.9 Å². The van der Waals surface area contributed by atoms with Gasteiger partial charge in [0.2, 0.25) is 0 Å². The van der Waals surface area contributed by atoms with Crippen molar-refractivity contribution in [1.29, 1.82) is 0 Å². The first-order valence-corrected chi connectivity index (χ1v) is 20.5. The first kappa shape index (κ1) is 38.8. The Hall–Kier alpha value is -5.49. The van der Waals surface area contributed by atoms with Crippen molar-refractivity contribution in [3.05, 3.63) is 158 Å². The van der Waals surface area contributed by atoms with E-state index < -0.39 is 21.8 Å². The second kappa shape index (κ2) is 16.3. The highest BCUT2D eigenvalue weighted by Gasteiger charge is 2.30. The number of nitrogens with zero attached hydrogens (tertiary/aromatic N) is 4. The molecule has 13 heteroatoms. The first-order chi connectivity index (χ1) is 26.9. The second-order valence-corrected chi connectivity index (χ2v) is 16.3. The number of nitrogens with one attached hydrogen (secondary N) is 1. The van der Waals surface area contributed by atoms with E-state index >= 15 is 0 Å². The number of benzene rings is 5. The molecular weight excluding hydrogens is 769 g/mol. The SMILES string of the molecule is CCCCN(Cc1ccc(Cl)cc1)C(=O)c1nn(-c2ccc(C(=O)NS(=O)(=O)c3ccc4ccccc4c3)cc2C(=O)N2CCc3ccccc3C2)c(C)c1Cl. The van der Waals surface area contributed by atoms with E-state index in [1.165, 1.54) is 35.0 Å². The number of fused-ring (bicyclic) bond motifs is 2. The number of unbranched alkanes of at least 4 members (excludes halogenated alkanes) is 1. The van der Waals surface area contributed by atoms with Gasteiger partial charge >= 0.3 is 0 Å². The topological polar surface area (TPSA) is 122 Å². The van der Waals surface area contributed by atoms with Crippen molar-refractivity contribution in [3.8, 4) is 5.69 Å². The molecular formula is C43H39Cl2N5O5S. The number of aromatic nitrogens is 2. The smallest absolute Gasteiger partial charge is 0.276 e. The summed E-state index contributed by atoms with van der Waals surface area (Å²) < 4.78 is 30.5. The van der Waals surface area contributed by atoms with Crippen molar-refractivity contribution in [3.63, 3.8) is 0 Å². The number of carbonyl (C=O) groups is 3. The summed E-state index contributed by atoms with van der Waals surface area (Å²) in [5.74, 6) is -1.69. The van der Waals surface area contributed by atoms with Crippen molar-refractivity contribution in [2.75, 3.05) is 13.1 Å². The summed E-state index contributed by atoms with van der Waals surface area (Å²) >= 11 is 13.0. The van der Waals surface area contributed by atoms with Crippen LogP contribution in [0.3, 0.4) is 0 Å². The summed E-state index contributed by atoms with van der Waals surface area (Å²) in [6, 6.07) is 31.4. The normalized spacial score (nSPS) is 12.7. The average Bonchev–Trinajstić information content (AvgIpc) is 3.51. The van der Waals surface area contributed by atoms with Crippen LogP contribution in [0.2, 0.25) is 10.0 Å². The number of carbonyl (C=O) groups excluding carboxylic acids is 3. The van der Waals surface area contributed by atoms with Gasteiger partial charge in [0.15, 0.2) is 5.69 Å². The van der Waals surface area contributed by atoms with Crippen LogP contribution in [0.1, 0.15) is 73.4 Å². The molecule has 0 saturated heterocycles. The van der Waals surface area contributed by atoms with Gasteiger partial charge in [0.05, 0.1) is 26.9 Å². The standard InChI is InChI=1S/C43H39Cl2N5O5S/c1-3-4-22-48(26-29-13-17-35(44)18-14-29)43(53)40-39(45)28(2)50(46-40)38-20-16-33(25-37(38)42(52)49-23-21-31-10-6-8-12-34(31)27-49)41(51)47-56(54,55)36-19-15-30-9-5-7-11-32(30)24-36/h5-20,24-25H,3-4,21-23,26-27H2,1-2H3,(H,47,51). The molecule has 0 unspecified atom stereocenters. The molecule has 5 aromatic carbocycles. The van der Waals surface area contributed by atoms with Gasteiger partial charge in [0, 0.05) is 36.8 Å². The maximum atomic E-state index is 14.5. The fourth-order valence-corrected chi connectivity index (χ4v) is 8.20. The Bertz CT molecular complexity index is 2590. The highest BCUT2D eigenvalue weighted by molar-refractivity contribution is 7.90. The number of amides is 3. The summed E-state index contributed by atoms with van der Waals surface area (Å²) in [5, 5.41) is 6.96. The minimum Gasteiger partial charge on any atom is -0.334 e. The number of sulfonamides is 1. The Labute approximate surface area is 335 Å². The second-order valence-electron chi connectivity index (χ2n) is 13.8. The Kier molecular flexibility index (Phi) is 11.3. The molecule has 0 fully saturated rings. The fraction of sp³-hybridized carbons (Fsp3) is 0.209. The number of rotatable bonds is 11. The number of hydrogen-bond donors (Lipinski definition) is 1. The Balaban J connectivity index is 1.25. The summed E-state index contributed by atoms with van der Waals surface area (Å²) in [4.78, 5) is 45.6. The summed E-state index contributed by atoms with van der Waals surface area (Å²) in [5.41, 5.74) is 3.77. The van der Waals surface area contributed by atoms with Crippen LogP contribution in [0.25, 0.3) is 16.5 Å². The molecule has 2 heterocycles. The summed E-state index contributed by atoms with van der Waals surface area (Å²) in [6.45, 7) is 5.27. The molecule has 56 heavy (non-hydrogen) atoms. The molecule has 0 spiro atoms. The molecule has 0 radical (unpaired) electrons. The van der Waals surface area contributed by atoms with Crippen LogP contribution in [-0.4, -0.2) is 58.8 Å².